The molecule has 2 heterocycles. The van der Waals surface area contributed by atoms with Crippen molar-refractivity contribution in [2.75, 3.05) is 27.2 Å². The van der Waals surface area contributed by atoms with E-state index in [0.717, 1.165) is 28.7 Å². The van der Waals surface area contributed by atoms with Crippen LogP contribution in [0.4, 0.5) is 0 Å². The Kier molecular flexibility index (Phi) is 4.53. The summed E-state index contributed by atoms with van der Waals surface area (Å²) < 4.78 is 14.0. The topological polar surface area (TPSA) is 18.5 Å². The smallest absolute Gasteiger partial charge is 0.223 e. The van der Waals surface area contributed by atoms with Crippen LogP contribution in [0, 0.1) is 0 Å². The van der Waals surface area contributed by atoms with Crippen LogP contribution < -0.4 is 24.0 Å². The quantitative estimate of drug-likeness (QED) is 0.491. The van der Waals surface area contributed by atoms with Crippen LogP contribution in [0.3, 0.4) is 0 Å². The summed E-state index contributed by atoms with van der Waals surface area (Å²) in [6.45, 7) is 1.98. The lowest BCUT2D eigenvalue weighted by atomic mass is 9.97. The van der Waals surface area contributed by atoms with Crippen LogP contribution in [-0.2, 0) is 15.3 Å². The number of hydrogen-bond donors (Lipinski definition) is 0. The Bertz CT molecular complexity index is 602. The van der Waals surface area contributed by atoms with E-state index < -0.39 is 5.79 Å². The van der Waals surface area contributed by atoms with Crippen LogP contribution in [0.2, 0.25) is 0 Å². The maximum atomic E-state index is 6.54. The lowest BCUT2D eigenvalue weighted by Crippen LogP contribution is -3.00. The molecule has 23 heavy (non-hydrogen) atoms. The standard InChI is InChI=1S/C19H22NO2.HI/c1-20(2)13-17-18(14-20)22-19(21-17,15-9-5-3-6-10-15)16-11-7-4-8-12-16;/h3-12,17-18H,13-14H2,1-2H3;1H/q+1;/p-1. The van der Waals surface area contributed by atoms with Gasteiger partial charge in [-0.05, 0) is 0 Å². The van der Waals surface area contributed by atoms with Crippen LogP contribution >= 0.6 is 0 Å². The highest BCUT2D eigenvalue weighted by molar-refractivity contribution is 5.35. The maximum absolute atomic E-state index is 6.54. The van der Waals surface area contributed by atoms with Gasteiger partial charge >= 0.3 is 0 Å². The van der Waals surface area contributed by atoms with Crippen molar-refractivity contribution in [3.63, 3.8) is 0 Å². The summed E-state index contributed by atoms with van der Waals surface area (Å²) in [4.78, 5) is 0. The van der Waals surface area contributed by atoms with Crippen molar-refractivity contribution in [3.05, 3.63) is 71.8 Å². The van der Waals surface area contributed by atoms with Crippen LogP contribution in [0.5, 0.6) is 0 Å². The molecule has 0 amide bonds. The van der Waals surface area contributed by atoms with E-state index in [1.807, 2.05) is 36.4 Å². The highest BCUT2D eigenvalue weighted by Gasteiger charge is 2.56. The first kappa shape index (κ1) is 16.9. The van der Waals surface area contributed by atoms with Gasteiger partial charge in [0.15, 0.2) is 0 Å². The van der Waals surface area contributed by atoms with Crippen molar-refractivity contribution in [2.24, 2.45) is 0 Å². The Balaban J connectivity index is 0.00000156. The number of benzene rings is 2. The van der Waals surface area contributed by atoms with E-state index in [0.29, 0.717) is 0 Å². The average Bonchev–Trinajstić information content (AvgIpc) is 3.00. The average molecular weight is 423 g/mol. The largest absolute Gasteiger partial charge is 1.00 e. The van der Waals surface area contributed by atoms with Crippen LogP contribution in [0.15, 0.2) is 60.7 Å². The van der Waals surface area contributed by atoms with Gasteiger partial charge < -0.3 is 37.9 Å². The van der Waals surface area contributed by atoms with E-state index in [-0.39, 0.29) is 36.2 Å². The Hall–Kier alpha value is -0.950. The molecule has 2 aromatic carbocycles. The molecule has 2 aliphatic rings. The van der Waals surface area contributed by atoms with Gasteiger partial charge in [-0.25, -0.2) is 0 Å². The highest BCUT2D eigenvalue weighted by atomic mass is 127. The van der Waals surface area contributed by atoms with Gasteiger partial charge in [0, 0.05) is 11.1 Å². The number of halogens is 1. The molecule has 2 saturated heterocycles. The summed E-state index contributed by atoms with van der Waals surface area (Å²) in [7, 11) is 4.47. The minimum Gasteiger partial charge on any atom is -1.00 e. The molecule has 0 aromatic heterocycles. The maximum Gasteiger partial charge on any atom is 0.223 e. The normalized spacial score (nSPS) is 27.2. The first-order valence-electron chi connectivity index (χ1n) is 7.88. The van der Waals surface area contributed by atoms with Gasteiger partial charge in [0.2, 0.25) is 5.79 Å². The first-order chi connectivity index (χ1) is 10.6. The Morgan fingerprint density at radius 2 is 1.17 bits per heavy atom. The van der Waals surface area contributed by atoms with E-state index in [2.05, 4.69) is 38.4 Å². The van der Waals surface area contributed by atoms with Gasteiger partial charge in [-0.3, -0.25) is 0 Å². The van der Waals surface area contributed by atoms with Gasteiger partial charge in [-0.1, -0.05) is 60.7 Å². The molecule has 0 radical (unpaired) electrons. The number of likely N-dealkylation sites (N-methyl/N-ethyl adjacent to an activating group) is 1. The number of quaternary nitrogens is 1. The van der Waals surface area contributed by atoms with Gasteiger partial charge in [-0.15, -0.1) is 0 Å². The molecular weight excluding hydrogens is 401 g/mol. The lowest BCUT2D eigenvalue weighted by Gasteiger charge is -2.32. The molecule has 122 valence electrons. The number of ether oxygens (including phenoxy) is 2. The van der Waals surface area contributed by atoms with Crippen LogP contribution in [0.25, 0.3) is 0 Å². The molecule has 0 spiro atoms. The van der Waals surface area contributed by atoms with Crippen LogP contribution in [-0.4, -0.2) is 43.9 Å². The Morgan fingerprint density at radius 1 is 0.783 bits per heavy atom. The molecule has 2 atom stereocenters. The molecule has 4 rings (SSSR count). The van der Waals surface area contributed by atoms with Crippen LogP contribution in [0.1, 0.15) is 11.1 Å². The second kappa shape index (κ2) is 6.16. The van der Waals surface area contributed by atoms with Gasteiger partial charge in [0.25, 0.3) is 0 Å². The molecule has 2 unspecified atom stereocenters. The molecular formula is C19H22INO2. The van der Waals surface area contributed by atoms with E-state index in [4.69, 9.17) is 9.47 Å². The molecule has 2 aromatic rings. The number of fused-ring (bicyclic) bond motifs is 1. The third-order valence-corrected chi connectivity index (χ3v) is 4.71. The number of likely N-dealkylation sites (tertiary alicyclic amines) is 1. The fraction of sp³-hybridized carbons (Fsp3) is 0.368. The fourth-order valence-electron chi connectivity index (χ4n) is 3.72. The molecule has 2 fully saturated rings. The number of nitrogens with zero attached hydrogens (tertiary/aromatic N) is 1. The lowest BCUT2D eigenvalue weighted by molar-refractivity contribution is -0.882. The summed E-state index contributed by atoms with van der Waals surface area (Å²) in [6.07, 6.45) is 0.297. The van der Waals surface area contributed by atoms with E-state index >= 15 is 0 Å². The summed E-state index contributed by atoms with van der Waals surface area (Å²) in [5.41, 5.74) is 2.14. The first-order valence-corrected chi connectivity index (χ1v) is 7.88. The van der Waals surface area contributed by atoms with E-state index in [1.165, 1.54) is 0 Å². The Labute approximate surface area is 154 Å². The fourth-order valence-corrected chi connectivity index (χ4v) is 3.72. The van der Waals surface area contributed by atoms with Crippen molar-refractivity contribution < 1.29 is 37.9 Å². The highest BCUT2D eigenvalue weighted by Crippen LogP contribution is 2.45. The van der Waals surface area contributed by atoms with Gasteiger partial charge in [-0.2, -0.15) is 0 Å². The monoisotopic (exact) mass is 423 g/mol. The zero-order chi connectivity index (χ0) is 15.2. The molecule has 4 heteroatoms. The number of rotatable bonds is 2. The summed E-state index contributed by atoms with van der Waals surface area (Å²) >= 11 is 0. The SMILES string of the molecule is C[N+]1(C)CC2OC(c3ccccc3)(c3ccccc3)OC2C1.[I-]. The third-order valence-electron chi connectivity index (χ3n) is 4.71. The zero-order valence-corrected chi connectivity index (χ0v) is 15.6. The second-order valence-corrected chi connectivity index (χ2v) is 6.96. The number of hydrogen-bond acceptors (Lipinski definition) is 2. The predicted octanol–water partition coefficient (Wildman–Crippen LogP) is -0.234. The minimum atomic E-state index is -0.766. The third kappa shape index (κ3) is 2.93. The molecule has 0 aliphatic carbocycles. The minimum absolute atomic E-state index is 0. The van der Waals surface area contributed by atoms with E-state index in [1.54, 1.807) is 0 Å². The second-order valence-electron chi connectivity index (χ2n) is 6.96. The van der Waals surface area contributed by atoms with Crippen molar-refractivity contribution in [1.29, 1.82) is 0 Å². The molecule has 0 N–H and O–H groups in total. The van der Waals surface area contributed by atoms with Gasteiger partial charge in [0.1, 0.15) is 25.3 Å². The van der Waals surface area contributed by atoms with Crippen molar-refractivity contribution in [2.45, 2.75) is 18.0 Å². The zero-order valence-electron chi connectivity index (χ0n) is 13.5. The van der Waals surface area contributed by atoms with E-state index in [9.17, 15) is 0 Å². The summed E-state index contributed by atoms with van der Waals surface area (Å²) in [5.74, 6) is -0.766. The molecule has 2 aliphatic heterocycles. The molecule has 3 nitrogen and oxygen atoms in total. The predicted molar refractivity (Wildman–Crippen MR) is 85.3 cm³/mol. The van der Waals surface area contributed by atoms with Gasteiger partial charge in [0.05, 0.1) is 14.1 Å². The van der Waals surface area contributed by atoms with Crippen molar-refractivity contribution >= 4 is 0 Å². The Morgan fingerprint density at radius 3 is 1.57 bits per heavy atom. The van der Waals surface area contributed by atoms with Crippen molar-refractivity contribution in [3.8, 4) is 0 Å². The van der Waals surface area contributed by atoms with Crippen molar-refractivity contribution in [1.82, 2.24) is 0 Å². The summed E-state index contributed by atoms with van der Waals surface area (Å²) in [6, 6.07) is 20.6. The summed E-state index contributed by atoms with van der Waals surface area (Å²) in [5, 5.41) is 0. The molecule has 0 bridgehead atoms. The molecule has 0 saturated carbocycles.